The van der Waals surface area contributed by atoms with E-state index in [1.165, 1.54) is 6.07 Å². The van der Waals surface area contributed by atoms with E-state index < -0.39 is 0 Å². The average Bonchev–Trinajstić information content (AvgIpc) is 2.29. The van der Waals surface area contributed by atoms with Crippen LogP contribution < -0.4 is 0 Å². The van der Waals surface area contributed by atoms with E-state index in [0.717, 1.165) is 9.26 Å². The number of halogens is 3. The van der Waals surface area contributed by atoms with Crippen molar-refractivity contribution in [3.05, 3.63) is 55.9 Å². The second-order valence-electron chi connectivity index (χ2n) is 3.60. The van der Waals surface area contributed by atoms with Gasteiger partial charge in [0.15, 0.2) is 0 Å². The topological polar surface area (TPSA) is 25.8 Å². The molecular formula is C12H9ClFIN2. The second-order valence-corrected chi connectivity index (χ2v) is 5.03. The van der Waals surface area contributed by atoms with E-state index in [1.54, 1.807) is 18.2 Å². The summed E-state index contributed by atoms with van der Waals surface area (Å²) in [5.41, 5.74) is 1.39. The van der Waals surface area contributed by atoms with Gasteiger partial charge in [-0.3, -0.25) is 0 Å². The van der Waals surface area contributed by atoms with E-state index in [2.05, 4.69) is 32.6 Å². The highest BCUT2D eigenvalue weighted by molar-refractivity contribution is 14.1. The molecule has 0 unspecified atom stereocenters. The zero-order chi connectivity index (χ0) is 12.4. The molecular weight excluding hydrogens is 354 g/mol. The predicted octanol–water partition coefficient (Wildman–Crippen LogP) is 3.77. The van der Waals surface area contributed by atoms with Crippen LogP contribution in [0.1, 0.15) is 17.1 Å². The molecule has 1 heterocycles. The van der Waals surface area contributed by atoms with Gasteiger partial charge >= 0.3 is 0 Å². The number of benzene rings is 1. The van der Waals surface area contributed by atoms with E-state index in [4.69, 9.17) is 11.6 Å². The van der Waals surface area contributed by atoms with Crippen molar-refractivity contribution in [3.63, 3.8) is 0 Å². The van der Waals surface area contributed by atoms with Crippen LogP contribution in [0.2, 0.25) is 5.15 Å². The van der Waals surface area contributed by atoms with Gasteiger partial charge in [0.1, 0.15) is 16.8 Å². The van der Waals surface area contributed by atoms with Crippen LogP contribution in [-0.2, 0) is 6.42 Å². The Morgan fingerprint density at radius 2 is 2.00 bits per heavy atom. The Bertz CT molecular complexity index is 537. The van der Waals surface area contributed by atoms with Crippen LogP contribution >= 0.6 is 34.2 Å². The Kier molecular flexibility index (Phi) is 3.93. The van der Waals surface area contributed by atoms with Gasteiger partial charge in [0.25, 0.3) is 0 Å². The largest absolute Gasteiger partial charge is 0.237 e. The van der Waals surface area contributed by atoms with Crippen LogP contribution in [0, 0.1) is 16.3 Å². The number of hydrogen-bond acceptors (Lipinski definition) is 2. The zero-order valence-corrected chi connectivity index (χ0v) is 12.0. The molecule has 1 aromatic heterocycles. The average molecular weight is 363 g/mol. The standard InChI is InChI=1S/C12H9ClFIN2/c1-7-11(15)12(13)17-10(16-7)6-8-4-2-3-5-9(8)14/h2-5H,6H2,1H3. The van der Waals surface area contributed by atoms with E-state index in [0.29, 0.717) is 23.0 Å². The summed E-state index contributed by atoms with van der Waals surface area (Å²) in [4.78, 5) is 8.45. The third-order valence-corrected chi connectivity index (χ3v) is 4.21. The number of aryl methyl sites for hydroxylation is 1. The highest BCUT2D eigenvalue weighted by Crippen LogP contribution is 2.20. The monoisotopic (exact) mass is 362 g/mol. The van der Waals surface area contributed by atoms with Gasteiger partial charge in [-0.2, -0.15) is 0 Å². The lowest BCUT2D eigenvalue weighted by atomic mass is 10.1. The fraction of sp³-hybridized carbons (Fsp3) is 0.167. The summed E-state index contributed by atoms with van der Waals surface area (Å²) >= 11 is 8.07. The minimum atomic E-state index is -0.247. The lowest BCUT2D eigenvalue weighted by molar-refractivity contribution is 0.612. The van der Waals surface area contributed by atoms with Crippen molar-refractivity contribution in [2.45, 2.75) is 13.3 Å². The molecule has 0 aliphatic heterocycles. The van der Waals surface area contributed by atoms with Crippen molar-refractivity contribution >= 4 is 34.2 Å². The lowest BCUT2D eigenvalue weighted by Gasteiger charge is -2.05. The van der Waals surface area contributed by atoms with E-state index >= 15 is 0 Å². The third kappa shape index (κ3) is 2.93. The van der Waals surface area contributed by atoms with Gasteiger partial charge in [-0.15, -0.1) is 0 Å². The fourth-order valence-electron chi connectivity index (χ4n) is 1.47. The molecule has 0 bridgehead atoms. The summed E-state index contributed by atoms with van der Waals surface area (Å²) in [5, 5.41) is 0.421. The molecule has 0 fully saturated rings. The van der Waals surface area contributed by atoms with Crippen molar-refractivity contribution in [3.8, 4) is 0 Å². The molecule has 0 saturated carbocycles. The molecule has 88 valence electrons. The van der Waals surface area contributed by atoms with E-state index in [9.17, 15) is 4.39 Å². The maximum Gasteiger partial charge on any atom is 0.146 e. The summed E-state index contributed by atoms with van der Waals surface area (Å²) in [6.45, 7) is 1.86. The van der Waals surface area contributed by atoms with Crippen molar-refractivity contribution in [1.82, 2.24) is 9.97 Å². The smallest absolute Gasteiger partial charge is 0.146 e. The Labute approximate surface area is 117 Å². The number of hydrogen-bond donors (Lipinski definition) is 0. The fourth-order valence-corrected chi connectivity index (χ4v) is 1.95. The van der Waals surface area contributed by atoms with Gasteiger partial charge in [-0.05, 0) is 41.1 Å². The van der Waals surface area contributed by atoms with Crippen LogP contribution in [0.5, 0.6) is 0 Å². The Morgan fingerprint density at radius 1 is 1.29 bits per heavy atom. The summed E-state index contributed by atoms with van der Waals surface area (Å²) < 4.78 is 14.3. The maximum absolute atomic E-state index is 13.5. The third-order valence-electron chi connectivity index (χ3n) is 2.33. The summed E-state index contributed by atoms with van der Waals surface area (Å²) in [6, 6.07) is 6.60. The Hall–Kier alpha value is -0.750. The summed E-state index contributed by atoms with van der Waals surface area (Å²) in [5.74, 6) is 0.293. The van der Waals surface area contributed by atoms with Gasteiger partial charge in [0.2, 0.25) is 0 Å². The second kappa shape index (κ2) is 5.27. The molecule has 0 aliphatic rings. The normalized spacial score (nSPS) is 10.6. The molecule has 2 rings (SSSR count). The van der Waals surface area contributed by atoms with E-state index in [-0.39, 0.29) is 5.82 Å². The predicted molar refractivity (Wildman–Crippen MR) is 73.7 cm³/mol. The first-order valence-electron chi connectivity index (χ1n) is 5.00. The van der Waals surface area contributed by atoms with Crippen LogP contribution in [0.25, 0.3) is 0 Å². The quantitative estimate of drug-likeness (QED) is 0.600. The molecule has 0 radical (unpaired) electrons. The minimum Gasteiger partial charge on any atom is -0.237 e. The maximum atomic E-state index is 13.5. The first-order valence-corrected chi connectivity index (χ1v) is 6.45. The van der Waals surface area contributed by atoms with Crippen LogP contribution in [-0.4, -0.2) is 9.97 Å². The SMILES string of the molecule is Cc1nc(Cc2ccccc2F)nc(Cl)c1I. The van der Waals surface area contributed by atoms with Crippen LogP contribution in [0.15, 0.2) is 24.3 Å². The highest BCUT2D eigenvalue weighted by atomic mass is 127. The molecule has 5 heteroatoms. The van der Waals surface area contributed by atoms with Crippen molar-refractivity contribution in [2.24, 2.45) is 0 Å². The first-order chi connectivity index (χ1) is 8.08. The molecule has 0 aliphatic carbocycles. The van der Waals surface area contributed by atoms with Crippen LogP contribution in [0.3, 0.4) is 0 Å². The van der Waals surface area contributed by atoms with Crippen molar-refractivity contribution in [1.29, 1.82) is 0 Å². The lowest BCUT2D eigenvalue weighted by Crippen LogP contribution is -2.02. The number of nitrogens with zero attached hydrogens (tertiary/aromatic N) is 2. The molecule has 0 spiro atoms. The minimum absolute atomic E-state index is 0.247. The first kappa shape index (κ1) is 12.7. The van der Waals surface area contributed by atoms with Crippen molar-refractivity contribution in [2.75, 3.05) is 0 Å². The van der Waals surface area contributed by atoms with Gasteiger partial charge in [0, 0.05) is 6.42 Å². The van der Waals surface area contributed by atoms with Crippen LogP contribution in [0.4, 0.5) is 4.39 Å². The Balaban J connectivity index is 2.34. The van der Waals surface area contributed by atoms with Gasteiger partial charge in [0.05, 0.1) is 9.26 Å². The molecule has 2 nitrogen and oxygen atoms in total. The molecule has 0 saturated heterocycles. The van der Waals surface area contributed by atoms with Gasteiger partial charge in [-0.25, -0.2) is 14.4 Å². The van der Waals surface area contributed by atoms with Gasteiger partial charge in [-0.1, -0.05) is 29.8 Å². The number of aromatic nitrogens is 2. The molecule has 1 aromatic carbocycles. The highest BCUT2D eigenvalue weighted by Gasteiger charge is 2.09. The Morgan fingerprint density at radius 3 is 2.65 bits per heavy atom. The summed E-state index contributed by atoms with van der Waals surface area (Å²) in [6.07, 6.45) is 0.351. The van der Waals surface area contributed by atoms with E-state index in [1.807, 2.05) is 6.92 Å². The molecule has 0 amide bonds. The molecule has 0 N–H and O–H groups in total. The molecule has 0 atom stereocenters. The zero-order valence-electron chi connectivity index (χ0n) is 9.04. The summed E-state index contributed by atoms with van der Waals surface area (Å²) in [7, 11) is 0. The van der Waals surface area contributed by atoms with Gasteiger partial charge < -0.3 is 0 Å². The molecule has 17 heavy (non-hydrogen) atoms. The van der Waals surface area contributed by atoms with Crippen molar-refractivity contribution < 1.29 is 4.39 Å². The molecule has 2 aromatic rings. The number of rotatable bonds is 2.